The molecule has 2 aromatic carbocycles. The van der Waals surface area contributed by atoms with E-state index < -0.39 is 5.91 Å². The summed E-state index contributed by atoms with van der Waals surface area (Å²) in [5.41, 5.74) is 5.64. The normalized spacial score (nSPS) is 12.4. The van der Waals surface area contributed by atoms with Gasteiger partial charge in [-0.15, -0.1) is 0 Å². The van der Waals surface area contributed by atoms with Crippen LogP contribution in [0.2, 0.25) is 0 Å². The fourth-order valence-corrected chi connectivity index (χ4v) is 3.81. The fourth-order valence-electron chi connectivity index (χ4n) is 3.81. The first-order valence-corrected chi connectivity index (χ1v) is 9.96. The summed E-state index contributed by atoms with van der Waals surface area (Å²) in [5.74, 6) is 1.02. The summed E-state index contributed by atoms with van der Waals surface area (Å²) < 4.78 is 16.8. The van der Waals surface area contributed by atoms with E-state index in [0.29, 0.717) is 29.8 Å². The molecular formula is C24H19N3O5. The van der Waals surface area contributed by atoms with E-state index in [1.54, 1.807) is 17.7 Å². The Morgan fingerprint density at radius 1 is 1.00 bits per heavy atom. The van der Waals surface area contributed by atoms with Crippen LogP contribution in [0.15, 0.2) is 60.9 Å². The monoisotopic (exact) mass is 429 g/mol. The van der Waals surface area contributed by atoms with E-state index in [2.05, 4.69) is 4.98 Å². The highest BCUT2D eigenvalue weighted by Gasteiger charge is 2.22. The van der Waals surface area contributed by atoms with Gasteiger partial charge in [-0.2, -0.15) is 0 Å². The topological polar surface area (TPSA) is 103 Å². The van der Waals surface area contributed by atoms with E-state index in [1.165, 1.54) is 13.3 Å². The van der Waals surface area contributed by atoms with Gasteiger partial charge in [0.1, 0.15) is 18.9 Å². The smallest absolute Gasteiger partial charge is 0.279 e. The zero-order chi connectivity index (χ0) is 22.1. The van der Waals surface area contributed by atoms with Crippen molar-refractivity contribution in [3.8, 4) is 39.6 Å². The number of nitrogens with zero attached hydrogens (tertiary/aromatic N) is 2. The molecule has 0 spiro atoms. The lowest BCUT2D eigenvalue weighted by molar-refractivity contribution is 0.0705. The van der Waals surface area contributed by atoms with Crippen LogP contribution in [0.25, 0.3) is 33.3 Å². The Bertz CT molecular complexity index is 1320. The molecule has 1 aliphatic rings. The first-order chi connectivity index (χ1) is 15.7. The van der Waals surface area contributed by atoms with Crippen LogP contribution in [0.5, 0.6) is 17.2 Å². The lowest BCUT2D eigenvalue weighted by atomic mass is 9.99. The predicted octanol–water partition coefficient (Wildman–Crippen LogP) is 3.86. The molecule has 160 valence electrons. The van der Waals surface area contributed by atoms with Crippen molar-refractivity contribution in [3.05, 3.63) is 66.5 Å². The van der Waals surface area contributed by atoms with Gasteiger partial charge in [0.25, 0.3) is 5.91 Å². The summed E-state index contributed by atoms with van der Waals surface area (Å²) in [5, 5.41) is 9.74. The summed E-state index contributed by atoms with van der Waals surface area (Å²) in [6.07, 6.45) is 3.11. The van der Waals surface area contributed by atoms with Gasteiger partial charge in [-0.1, -0.05) is 30.3 Å². The van der Waals surface area contributed by atoms with E-state index in [1.807, 2.05) is 42.5 Å². The molecular weight excluding hydrogens is 410 g/mol. The van der Waals surface area contributed by atoms with Gasteiger partial charge in [0.05, 0.1) is 18.2 Å². The summed E-state index contributed by atoms with van der Waals surface area (Å²) in [4.78, 5) is 21.2. The maximum atomic E-state index is 12.4. The molecule has 32 heavy (non-hydrogen) atoms. The molecule has 0 bridgehead atoms. The standard InChI is InChI=1S/C24H19N3O5/c1-30-23-21(24(28)27-29)17-13-25-9-8-18(17)26-22(23)15-4-2-14(3-5-15)16-6-7-19-20(12-16)32-11-10-31-19/h2-9,12-13,29H,10-11H2,1H3,(H,27,28). The highest BCUT2D eigenvalue weighted by atomic mass is 16.6. The predicted molar refractivity (Wildman–Crippen MR) is 117 cm³/mol. The highest BCUT2D eigenvalue weighted by Crippen LogP contribution is 2.38. The third-order valence-corrected chi connectivity index (χ3v) is 5.31. The Balaban J connectivity index is 1.59. The SMILES string of the molecule is COc1c(-c2ccc(-c3ccc4c(c3)OCCO4)cc2)nc2ccncc2c1C(=O)NO. The molecule has 8 nitrogen and oxygen atoms in total. The minimum Gasteiger partial charge on any atom is -0.494 e. The number of fused-ring (bicyclic) bond motifs is 2. The lowest BCUT2D eigenvalue weighted by Crippen LogP contribution is -2.20. The number of hydrogen-bond acceptors (Lipinski definition) is 7. The van der Waals surface area contributed by atoms with Crippen molar-refractivity contribution < 1.29 is 24.2 Å². The molecule has 4 aromatic rings. The average Bonchev–Trinajstić information content (AvgIpc) is 2.86. The number of aromatic nitrogens is 2. The van der Waals surface area contributed by atoms with E-state index >= 15 is 0 Å². The lowest BCUT2D eigenvalue weighted by Gasteiger charge is -2.19. The number of benzene rings is 2. The summed E-state index contributed by atoms with van der Waals surface area (Å²) in [6.45, 7) is 1.08. The van der Waals surface area contributed by atoms with Crippen LogP contribution in [0, 0.1) is 0 Å². The molecule has 3 heterocycles. The second-order valence-electron chi connectivity index (χ2n) is 7.14. The largest absolute Gasteiger partial charge is 0.494 e. The van der Waals surface area contributed by atoms with E-state index in [0.717, 1.165) is 28.2 Å². The molecule has 0 fully saturated rings. The van der Waals surface area contributed by atoms with Gasteiger partial charge in [0, 0.05) is 23.3 Å². The van der Waals surface area contributed by atoms with Crippen molar-refractivity contribution in [2.45, 2.75) is 0 Å². The first kappa shape index (κ1) is 19.8. The molecule has 0 radical (unpaired) electrons. The molecule has 0 unspecified atom stereocenters. The van der Waals surface area contributed by atoms with E-state index in [4.69, 9.17) is 19.2 Å². The van der Waals surface area contributed by atoms with Gasteiger partial charge in [-0.25, -0.2) is 10.5 Å². The molecule has 0 atom stereocenters. The van der Waals surface area contributed by atoms with Crippen LogP contribution < -0.4 is 19.7 Å². The summed E-state index contributed by atoms with van der Waals surface area (Å²) in [7, 11) is 1.46. The van der Waals surface area contributed by atoms with Crippen LogP contribution in [0.4, 0.5) is 0 Å². The van der Waals surface area contributed by atoms with Gasteiger partial charge < -0.3 is 14.2 Å². The Labute approximate surface area is 183 Å². The Morgan fingerprint density at radius 2 is 1.72 bits per heavy atom. The van der Waals surface area contributed by atoms with E-state index in [9.17, 15) is 10.0 Å². The average molecular weight is 429 g/mol. The Kier molecular flexibility index (Phi) is 5.04. The summed E-state index contributed by atoms with van der Waals surface area (Å²) in [6, 6.07) is 15.3. The number of amides is 1. The van der Waals surface area contributed by atoms with Crippen molar-refractivity contribution in [2.75, 3.05) is 20.3 Å². The molecule has 0 saturated carbocycles. The number of rotatable bonds is 4. The first-order valence-electron chi connectivity index (χ1n) is 9.96. The maximum absolute atomic E-state index is 12.4. The van der Waals surface area contributed by atoms with Gasteiger partial charge in [0.15, 0.2) is 17.2 Å². The fraction of sp³-hybridized carbons (Fsp3) is 0.125. The number of pyridine rings is 2. The molecule has 1 amide bonds. The number of carbonyl (C=O) groups is 1. The van der Waals surface area contributed by atoms with Crippen molar-refractivity contribution >= 4 is 16.8 Å². The number of methoxy groups -OCH3 is 1. The molecule has 2 aromatic heterocycles. The summed E-state index contributed by atoms with van der Waals surface area (Å²) >= 11 is 0. The van der Waals surface area contributed by atoms with Crippen LogP contribution in [-0.2, 0) is 0 Å². The quantitative estimate of drug-likeness (QED) is 0.375. The minimum absolute atomic E-state index is 0.166. The number of nitrogens with one attached hydrogen (secondary N) is 1. The van der Waals surface area contributed by atoms with E-state index in [-0.39, 0.29) is 11.3 Å². The second kappa shape index (κ2) is 8.16. The van der Waals surface area contributed by atoms with Crippen LogP contribution in [0.1, 0.15) is 10.4 Å². The molecule has 2 N–H and O–H groups in total. The van der Waals surface area contributed by atoms with Gasteiger partial charge in [0.2, 0.25) is 0 Å². The van der Waals surface area contributed by atoms with Crippen molar-refractivity contribution in [1.29, 1.82) is 0 Å². The van der Waals surface area contributed by atoms with Crippen LogP contribution in [-0.4, -0.2) is 41.4 Å². The van der Waals surface area contributed by atoms with Crippen LogP contribution in [0.3, 0.4) is 0 Å². The zero-order valence-corrected chi connectivity index (χ0v) is 17.2. The van der Waals surface area contributed by atoms with Gasteiger partial charge in [-0.05, 0) is 29.3 Å². The second-order valence-corrected chi connectivity index (χ2v) is 7.14. The number of hydroxylamine groups is 1. The third kappa shape index (κ3) is 3.36. The maximum Gasteiger partial charge on any atom is 0.279 e. The minimum atomic E-state index is -0.698. The van der Waals surface area contributed by atoms with Gasteiger partial charge >= 0.3 is 0 Å². The van der Waals surface area contributed by atoms with Crippen molar-refractivity contribution in [1.82, 2.24) is 15.4 Å². The molecule has 1 aliphatic heterocycles. The molecule has 0 aliphatic carbocycles. The Hall–Kier alpha value is -4.17. The third-order valence-electron chi connectivity index (χ3n) is 5.31. The molecule has 5 rings (SSSR count). The Morgan fingerprint density at radius 3 is 2.47 bits per heavy atom. The molecule has 8 heteroatoms. The highest BCUT2D eigenvalue weighted by molar-refractivity contribution is 6.09. The number of hydrogen-bond donors (Lipinski definition) is 2. The van der Waals surface area contributed by atoms with Crippen molar-refractivity contribution in [3.63, 3.8) is 0 Å². The van der Waals surface area contributed by atoms with Crippen LogP contribution >= 0.6 is 0 Å². The number of carbonyl (C=O) groups excluding carboxylic acids is 1. The van der Waals surface area contributed by atoms with Crippen molar-refractivity contribution in [2.24, 2.45) is 0 Å². The zero-order valence-electron chi connectivity index (χ0n) is 17.2. The number of ether oxygens (including phenoxy) is 3. The van der Waals surface area contributed by atoms with Gasteiger partial charge in [-0.3, -0.25) is 15.0 Å². The molecule has 0 saturated heterocycles.